The van der Waals surface area contributed by atoms with Crippen LogP contribution < -0.4 is 10.6 Å². The molecule has 0 saturated carbocycles. The molecule has 0 radical (unpaired) electrons. The lowest BCUT2D eigenvalue weighted by atomic mass is 10.0. The standard InChI is InChI=1S/C12H18N2S/c1-5-14(12(13)15)11-9(3)6-8(2)7-10(11)4/h6-7H,5H2,1-4H3,(H2,13,15). The van der Waals surface area contributed by atoms with Crippen LogP contribution in [-0.2, 0) is 0 Å². The number of rotatable bonds is 2. The first kappa shape index (κ1) is 12.0. The van der Waals surface area contributed by atoms with Gasteiger partial charge in [-0.05, 0) is 51.0 Å². The second-order valence-electron chi connectivity index (χ2n) is 3.83. The second-order valence-corrected chi connectivity index (χ2v) is 4.25. The van der Waals surface area contributed by atoms with Crippen molar-refractivity contribution in [2.45, 2.75) is 27.7 Å². The number of nitrogens with zero attached hydrogens (tertiary/aromatic N) is 1. The number of hydrogen-bond acceptors (Lipinski definition) is 1. The van der Waals surface area contributed by atoms with Gasteiger partial charge in [-0.3, -0.25) is 0 Å². The third-order valence-corrected chi connectivity index (χ3v) is 2.71. The lowest BCUT2D eigenvalue weighted by molar-refractivity contribution is 1.04. The Hall–Kier alpha value is -1.09. The molecule has 0 saturated heterocycles. The van der Waals surface area contributed by atoms with Gasteiger partial charge in [0.05, 0.1) is 0 Å². The Morgan fingerprint density at radius 2 is 1.73 bits per heavy atom. The minimum atomic E-state index is 0.438. The second kappa shape index (κ2) is 4.62. The Kier molecular flexibility index (Phi) is 3.69. The molecular weight excluding hydrogens is 204 g/mol. The molecule has 0 aliphatic carbocycles. The Morgan fingerprint density at radius 1 is 1.27 bits per heavy atom. The van der Waals surface area contributed by atoms with Crippen molar-refractivity contribution in [1.29, 1.82) is 0 Å². The fraction of sp³-hybridized carbons (Fsp3) is 0.417. The summed E-state index contributed by atoms with van der Waals surface area (Å²) >= 11 is 5.05. The minimum Gasteiger partial charge on any atom is -0.376 e. The van der Waals surface area contributed by atoms with E-state index in [2.05, 4.69) is 39.8 Å². The highest BCUT2D eigenvalue weighted by Gasteiger charge is 2.12. The summed E-state index contributed by atoms with van der Waals surface area (Å²) in [7, 11) is 0. The van der Waals surface area contributed by atoms with Gasteiger partial charge in [0.25, 0.3) is 0 Å². The van der Waals surface area contributed by atoms with Crippen LogP contribution in [0.3, 0.4) is 0 Å². The molecule has 2 nitrogen and oxygen atoms in total. The first-order valence-corrected chi connectivity index (χ1v) is 5.53. The maximum absolute atomic E-state index is 5.71. The summed E-state index contributed by atoms with van der Waals surface area (Å²) in [6.45, 7) is 9.14. The molecule has 0 amide bonds. The van der Waals surface area contributed by atoms with Crippen molar-refractivity contribution in [3.63, 3.8) is 0 Å². The van der Waals surface area contributed by atoms with E-state index in [9.17, 15) is 0 Å². The highest BCUT2D eigenvalue weighted by atomic mass is 32.1. The first-order chi connectivity index (χ1) is 6.97. The van der Waals surface area contributed by atoms with Gasteiger partial charge in [-0.15, -0.1) is 0 Å². The van der Waals surface area contributed by atoms with Crippen LogP contribution >= 0.6 is 12.2 Å². The van der Waals surface area contributed by atoms with Crippen molar-refractivity contribution in [3.05, 3.63) is 28.8 Å². The van der Waals surface area contributed by atoms with Crippen LogP contribution in [0.15, 0.2) is 12.1 Å². The van der Waals surface area contributed by atoms with Gasteiger partial charge in [0.15, 0.2) is 5.11 Å². The van der Waals surface area contributed by atoms with E-state index in [0.29, 0.717) is 5.11 Å². The summed E-state index contributed by atoms with van der Waals surface area (Å²) in [5.74, 6) is 0. The maximum Gasteiger partial charge on any atom is 0.170 e. The SMILES string of the molecule is CCN(C(N)=S)c1c(C)cc(C)cc1C. The van der Waals surface area contributed by atoms with Crippen LogP contribution in [0, 0.1) is 20.8 Å². The van der Waals surface area contributed by atoms with E-state index in [1.54, 1.807) is 0 Å². The zero-order valence-corrected chi connectivity index (χ0v) is 10.6. The van der Waals surface area contributed by atoms with E-state index in [4.69, 9.17) is 18.0 Å². The number of thiocarbonyl (C=S) groups is 1. The van der Waals surface area contributed by atoms with Gasteiger partial charge in [-0.1, -0.05) is 17.7 Å². The third-order valence-electron chi connectivity index (χ3n) is 2.49. The highest BCUT2D eigenvalue weighted by molar-refractivity contribution is 7.80. The average Bonchev–Trinajstić information content (AvgIpc) is 2.09. The van der Waals surface area contributed by atoms with Crippen LogP contribution in [0.5, 0.6) is 0 Å². The van der Waals surface area contributed by atoms with Crippen molar-refractivity contribution in [1.82, 2.24) is 0 Å². The number of benzene rings is 1. The quantitative estimate of drug-likeness (QED) is 0.780. The monoisotopic (exact) mass is 222 g/mol. The predicted octanol–water partition coefficient (Wildman–Crippen LogP) is 2.68. The number of nitrogens with two attached hydrogens (primary N) is 1. The molecule has 0 aliphatic rings. The lowest BCUT2D eigenvalue weighted by Gasteiger charge is -2.25. The van der Waals surface area contributed by atoms with Gasteiger partial charge in [-0.25, -0.2) is 0 Å². The maximum atomic E-state index is 5.71. The summed E-state index contributed by atoms with van der Waals surface area (Å²) in [4.78, 5) is 1.97. The largest absolute Gasteiger partial charge is 0.376 e. The molecule has 1 aromatic carbocycles. The fourth-order valence-electron chi connectivity index (χ4n) is 2.02. The molecule has 1 rings (SSSR count). The van der Waals surface area contributed by atoms with Crippen LogP contribution in [0.25, 0.3) is 0 Å². The molecule has 1 aromatic rings. The summed E-state index contributed by atoms with van der Waals surface area (Å²) in [6, 6.07) is 4.31. The fourth-order valence-corrected chi connectivity index (χ4v) is 2.24. The van der Waals surface area contributed by atoms with Gasteiger partial charge in [0.2, 0.25) is 0 Å². The van der Waals surface area contributed by atoms with Crippen molar-refractivity contribution in [2.24, 2.45) is 5.73 Å². The summed E-state index contributed by atoms with van der Waals surface area (Å²) in [5, 5.41) is 0.438. The zero-order valence-electron chi connectivity index (χ0n) is 9.79. The van der Waals surface area contributed by atoms with Crippen molar-refractivity contribution >= 4 is 23.0 Å². The molecule has 0 heterocycles. The Balaban J connectivity index is 3.29. The summed E-state index contributed by atoms with van der Waals surface area (Å²) < 4.78 is 0. The third kappa shape index (κ3) is 2.48. The number of anilines is 1. The van der Waals surface area contributed by atoms with Gasteiger partial charge in [0, 0.05) is 12.2 Å². The van der Waals surface area contributed by atoms with Crippen LogP contribution in [0.2, 0.25) is 0 Å². The van der Waals surface area contributed by atoms with Crippen molar-refractivity contribution in [2.75, 3.05) is 11.4 Å². The van der Waals surface area contributed by atoms with E-state index >= 15 is 0 Å². The Bertz CT molecular complexity index is 362. The van der Waals surface area contributed by atoms with Crippen molar-refractivity contribution in [3.8, 4) is 0 Å². The lowest BCUT2D eigenvalue weighted by Crippen LogP contribution is -2.36. The molecule has 0 fully saturated rings. The molecule has 15 heavy (non-hydrogen) atoms. The molecule has 0 atom stereocenters. The topological polar surface area (TPSA) is 29.3 Å². The molecule has 82 valence electrons. The van der Waals surface area contributed by atoms with E-state index in [1.807, 2.05) is 4.90 Å². The Labute approximate surface area is 97.1 Å². The number of hydrogen-bond donors (Lipinski definition) is 1. The predicted molar refractivity (Wildman–Crippen MR) is 70.5 cm³/mol. The van der Waals surface area contributed by atoms with Crippen LogP contribution in [-0.4, -0.2) is 11.7 Å². The zero-order chi connectivity index (χ0) is 11.6. The normalized spacial score (nSPS) is 10.1. The van der Waals surface area contributed by atoms with Gasteiger partial charge in [0.1, 0.15) is 0 Å². The summed E-state index contributed by atoms with van der Waals surface area (Å²) in [6.07, 6.45) is 0. The average molecular weight is 222 g/mol. The molecule has 3 heteroatoms. The van der Waals surface area contributed by atoms with Crippen LogP contribution in [0.4, 0.5) is 5.69 Å². The first-order valence-electron chi connectivity index (χ1n) is 5.12. The van der Waals surface area contributed by atoms with Gasteiger partial charge >= 0.3 is 0 Å². The summed E-state index contributed by atoms with van der Waals surface area (Å²) in [5.41, 5.74) is 10.6. The van der Waals surface area contributed by atoms with Gasteiger partial charge in [-0.2, -0.15) is 0 Å². The van der Waals surface area contributed by atoms with E-state index < -0.39 is 0 Å². The molecule has 0 aliphatic heterocycles. The molecular formula is C12H18N2S. The van der Waals surface area contributed by atoms with E-state index in [1.165, 1.54) is 16.7 Å². The molecule has 2 N–H and O–H groups in total. The van der Waals surface area contributed by atoms with Crippen LogP contribution in [0.1, 0.15) is 23.6 Å². The molecule has 0 bridgehead atoms. The Morgan fingerprint density at radius 3 is 2.07 bits per heavy atom. The van der Waals surface area contributed by atoms with E-state index in [0.717, 1.165) is 12.2 Å². The number of aryl methyl sites for hydroxylation is 3. The molecule has 0 spiro atoms. The van der Waals surface area contributed by atoms with Crippen molar-refractivity contribution < 1.29 is 0 Å². The van der Waals surface area contributed by atoms with E-state index in [-0.39, 0.29) is 0 Å². The smallest absolute Gasteiger partial charge is 0.170 e. The minimum absolute atomic E-state index is 0.438. The van der Waals surface area contributed by atoms with Gasteiger partial charge < -0.3 is 10.6 Å². The molecule has 0 aromatic heterocycles. The highest BCUT2D eigenvalue weighted by Crippen LogP contribution is 2.25. The molecule has 0 unspecified atom stereocenters.